The van der Waals surface area contributed by atoms with Crippen LogP contribution in [0.4, 0.5) is 23.0 Å². The van der Waals surface area contributed by atoms with Crippen LogP contribution in [0.25, 0.3) is 0 Å². The molecule has 0 unspecified atom stereocenters. The van der Waals surface area contributed by atoms with Crippen molar-refractivity contribution in [2.75, 3.05) is 23.4 Å². The van der Waals surface area contributed by atoms with Crippen LogP contribution in [0, 0.1) is 26.1 Å². The minimum Gasteiger partial charge on any atom is -0.351 e. The highest BCUT2D eigenvalue weighted by Crippen LogP contribution is 2.33. The number of non-ortho nitro benzene ring substituents is 1. The fourth-order valence-electron chi connectivity index (χ4n) is 3.03. The van der Waals surface area contributed by atoms with E-state index in [1.165, 1.54) is 24.5 Å². The van der Waals surface area contributed by atoms with Crippen LogP contribution in [0.15, 0.2) is 30.6 Å². The van der Waals surface area contributed by atoms with Gasteiger partial charge in [-0.1, -0.05) is 13.0 Å². The van der Waals surface area contributed by atoms with Gasteiger partial charge in [-0.2, -0.15) is 0 Å². The molecule has 0 saturated carbocycles. The zero-order valence-corrected chi connectivity index (χ0v) is 15.6. The maximum absolute atomic E-state index is 12.3. The first-order valence-corrected chi connectivity index (χ1v) is 8.92. The summed E-state index contributed by atoms with van der Waals surface area (Å²) >= 11 is 0. The number of nitrogens with zero attached hydrogens (tertiary/aromatic N) is 5. The van der Waals surface area contributed by atoms with E-state index in [1.807, 2.05) is 4.90 Å². The molecule has 0 radical (unpaired) electrons. The normalized spacial score (nSPS) is 14.3. The molecular formula is C17H19N7O5. The number of hydrogen-bond acceptors (Lipinski definition) is 9. The van der Waals surface area contributed by atoms with E-state index in [0.717, 1.165) is 18.9 Å². The van der Waals surface area contributed by atoms with Gasteiger partial charge in [0.2, 0.25) is 11.6 Å². The molecule has 2 aromatic rings. The smallest absolute Gasteiger partial charge is 0.351 e. The average molecular weight is 401 g/mol. The van der Waals surface area contributed by atoms with Gasteiger partial charge in [-0.25, -0.2) is 9.97 Å². The zero-order valence-electron chi connectivity index (χ0n) is 15.6. The summed E-state index contributed by atoms with van der Waals surface area (Å²) in [5.41, 5.74) is 4.16. The Morgan fingerprint density at radius 2 is 1.90 bits per heavy atom. The molecule has 1 fully saturated rings. The summed E-state index contributed by atoms with van der Waals surface area (Å²) in [6, 6.07) is 5.12. The number of anilines is 2. The molecular weight excluding hydrogens is 382 g/mol. The van der Waals surface area contributed by atoms with Crippen molar-refractivity contribution < 1.29 is 14.6 Å². The molecule has 2 N–H and O–H groups in total. The number of carbonyl (C=O) groups is 1. The van der Waals surface area contributed by atoms with E-state index in [0.29, 0.717) is 19.0 Å². The van der Waals surface area contributed by atoms with Crippen molar-refractivity contribution in [3.05, 3.63) is 56.4 Å². The molecule has 12 nitrogen and oxygen atoms in total. The summed E-state index contributed by atoms with van der Waals surface area (Å²) < 4.78 is 0. The first-order chi connectivity index (χ1) is 13.9. The summed E-state index contributed by atoms with van der Waals surface area (Å²) in [7, 11) is 0. The molecule has 29 heavy (non-hydrogen) atoms. The molecule has 1 aromatic heterocycles. The highest BCUT2D eigenvalue weighted by Gasteiger charge is 2.29. The van der Waals surface area contributed by atoms with E-state index in [9.17, 15) is 25.0 Å². The Bertz CT molecular complexity index is 944. The SMILES string of the molecule is CC1CCN(c2ncnc(NNC(=O)c3cccc([N+](=O)[O-])c3)c2[N+](=O)[O-])CC1. The topological polar surface area (TPSA) is 156 Å². The van der Waals surface area contributed by atoms with Crippen LogP contribution in [0.5, 0.6) is 0 Å². The second kappa shape index (κ2) is 8.46. The van der Waals surface area contributed by atoms with Crippen molar-refractivity contribution in [1.82, 2.24) is 15.4 Å². The van der Waals surface area contributed by atoms with Crippen LogP contribution < -0.4 is 15.8 Å². The minimum atomic E-state index is -0.699. The Balaban J connectivity index is 1.79. The summed E-state index contributed by atoms with van der Waals surface area (Å²) in [6.45, 7) is 3.40. The maximum atomic E-state index is 12.3. The first-order valence-electron chi connectivity index (χ1n) is 8.92. The van der Waals surface area contributed by atoms with Crippen LogP contribution >= 0.6 is 0 Å². The van der Waals surface area contributed by atoms with Gasteiger partial charge in [-0.05, 0) is 24.8 Å². The lowest BCUT2D eigenvalue weighted by atomic mass is 9.99. The van der Waals surface area contributed by atoms with Crippen molar-refractivity contribution in [3.8, 4) is 0 Å². The molecule has 0 bridgehead atoms. The lowest BCUT2D eigenvalue weighted by Gasteiger charge is -2.30. The van der Waals surface area contributed by atoms with Gasteiger partial charge in [0.15, 0.2) is 0 Å². The van der Waals surface area contributed by atoms with Crippen molar-refractivity contribution in [2.45, 2.75) is 19.8 Å². The van der Waals surface area contributed by atoms with Gasteiger partial charge in [0.25, 0.3) is 11.6 Å². The molecule has 3 rings (SSSR count). The average Bonchev–Trinajstić information content (AvgIpc) is 2.72. The van der Waals surface area contributed by atoms with Gasteiger partial charge in [0.05, 0.1) is 9.85 Å². The number of piperidine rings is 1. The third kappa shape index (κ3) is 4.54. The second-order valence-electron chi connectivity index (χ2n) is 6.71. The quantitative estimate of drug-likeness (QED) is 0.547. The fraction of sp³-hybridized carbons (Fsp3) is 0.353. The van der Waals surface area contributed by atoms with Crippen LogP contribution in [0.1, 0.15) is 30.1 Å². The van der Waals surface area contributed by atoms with Gasteiger partial charge >= 0.3 is 5.69 Å². The summed E-state index contributed by atoms with van der Waals surface area (Å²) in [6.07, 6.45) is 2.98. The Hall–Kier alpha value is -3.83. The number of amides is 1. The van der Waals surface area contributed by atoms with E-state index < -0.39 is 15.8 Å². The van der Waals surface area contributed by atoms with E-state index >= 15 is 0 Å². The standard InChI is InChI=1S/C17H19N7O5/c1-11-5-7-22(8-6-11)16-14(24(28)29)15(18-10-19-16)20-21-17(25)12-3-2-4-13(9-12)23(26)27/h2-4,9-11H,5-8H2,1H3,(H,21,25)(H,18,19,20). The summed E-state index contributed by atoms with van der Waals surface area (Å²) in [5.74, 6) is -0.143. The molecule has 1 aliphatic rings. The van der Waals surface area contributed by atoms with Crippen molar-refractivity contribution >= 4 is 28.9 Å². The van der Waals surface area contributed by atoms with Crippen LogP contribution in [-0.4, -0.2) is 38.8 Å². The maximum Gasteiger partial charge on any atom is 0.355 e. The molecule has 0 atom stereocenters. The second-order valence-corrected chi connectivity index (χ2v) is 6.71. The molecule has 152 valence electrons. The van der Waals surface area contributed by atoms with E-state index in [-0.39, 0.29) is 28.6 Å². The minimum absolute atomic E-state index is 0.0219. The van der Waals surface area contributed by atoms with Gasteiger partial charge in [-0.3, -0.25) is 35.9 Å². The molecule has 2 heterocycles. The van der Waals surface area contributed by atoms with Crippen LogP contribution in [0.3, 0.4) is 0 Å². The van der Waals surface area contributed by atoms with Crippen LogP contribution in [0.2, 0.25) is 0 Å². The number of carbonyl (C=O) groups excluding carboxylic acids is 1. The number of nitro groups is 2. The number of hydrazine groups is 1. The molecule has 1 aliphatic heterocycles. The molecule has 1 saturated heterocycles. The summed E-state index contributed by atoms with van der Waals surface area (Å²) in [5, 5.41) is 22.5. The lowest BCUT2D eigenvalue weighted by molar-refractivity contribution is -0.384. The molecule has 1 amide bonds. The predicted octanol–water partition coefficient (Wildman–Crippen LogP) is 2.29. The Labute approximate surface area is 165 Å². The van der Waals surface area contributed by atoms with E-state index in [2.05, 4.69) is 27.7 Å². The third-order valence-corrected chi connectivity index (χ3v) is 4.68. The number of nitrogens with one attached hydrogen (secondary N) is 2. The van der Waals surface area contributed by atoms with E-state index in [1.54, 1.807) is 0 Å². The number of benzene rings is 1. The lowest BCUT2D eigenvalue weighted by Crippen LogP contribution is -2.35. The monoisotopic (exact) mass is 401 g/mol. The molecule has 0 spiro atoms. The largest absolute Gasteiger partial charge is 0.355 e. The van der Waals surface area contributed by atoms with Gasteiger partial charge in [0, 0.05) is 30.8 Å². The highest BCUT2D eigenvalue weighted by atomic mass is 16.6. The zero-order chi connectivity index (χ0) is 21.0. The van der Waals surface area contributed by atoms with Crippen molar-refractivity contribution in [3.63, 3.8) is 0 Å². The summed E-state index contributed by atoms with van der Waals surface area (Å²) in [4.78, 5) is 43.3. The number of nitro benzene ring substituents is 1. The van der Waals surface area contributed by atoms with E-state index in [4.69, 9.17) is 0 Å². The van der Waals surface area contributed by atoms with Gasteiger partial charge in [0.1, 0.15) is 6.33 Å². The Kier molecular flexibility index (Phi) is 5.81. The fourth-order valence-corrected chi connectivity index (χ4v) is 3.03. The molecule has 12 heteroatoms. The Morgan fingerprint density at radius 1 is 1.17 bits per heavy atom. The third-order valence-electron chi connectivity index (χ3n) is 4.68. The highest BCUT2D eigenvalue weighted by molar-refractivity contribution is 5.95. The van der Waals surface area contributed by atoms with Gasteiger partial charge in [-0.15, -0.1) is 0 Å². The van der Waals surface area contributed by atoms with Crippen LogP contribution in [-0.2, 0) is 0 Å². The van der Waals surface area contributed by atoms with Crippen molar-refractivity contribution in [2.24, 2.45) is 5.92 Å². The Morgan fingerprint density at radius 3 is 2.55 bits per heavy atom. The first kappa shape index (κ1) is 19.9. The molecule has 1 aromatic carbocycles. The van der Waals surface area contributed by atoms with Crippen molar-refractivity contribution in [1.29, 1.82) is 0 Å². The number of rotatable bonds is 6. The van der Waals surface area contributed by atoms with Gasteiger partial charge < -0.3 is 4.90 Å². The predicted molar refractivity (Wildman–Crippen MR) is 103 cm³/mol. The molecule has 0 aliphatic carbocycles. The number of hydrogen-bond donors (Lipinski definition) is 2. The number of aromatic nitrogens is 2.